The van der Waals surface area contributed by atoms with Crippen LogP contribution in [0.5, 0.6) is 0 Å². The summed E-state index contributed by atoms with van der Waals surface area (Å²) in [7, 11) is 0. The molecule has 0 atom stereocenters. The van der Waals surface area contributed by atoms with Gasteiger partial charge >= 0.3 is 5.97 Å². The van der Waals surface area contributed by atoms with Crippen LogP contribution in [-0.2, 0) is 28.9 Å². The minimum absolute atomic E-state index is 0.0822. The number of aromatic amines is 1. The van der Waals surface area contributed by atoms with E-state index in [0.29, 0.717) is 22.7 Å². The Bertz CT molecular complexity index is 943. The summed E-state index contributed by atoms with van der Waals surface area (Å²) in [5.74, 6) is -0.980. The van der Waals surface area contributed by atoms with Crippen LogP contribution < -0.4 is 5.32 Å². The van der Waals surface area contributed by atoms with Crippen molar-refractivity contribution in [3.8, 4) is 0 Å². The van der Waals surface area contributed by atoms with Gasteiger partial charge in [0, 0.05) is 28.4 Å². The van der Waals surface area contributed by atoms with E-state index < -0.39 is 5.97 Å². The number of aliphatic carboxylic acids is 1. The number of aryl methyl sites for hydroxylation is 1. The normalized spacial score (nSPS) is 17.1. The van der Waals surface area contributed by atoms with Crippen molar-refractivity contribution in [2.45, 2.75) is 38.5 Å². The number of amides is 1. The van der Waals surface area contributed by atoms with Gasteiger partial charge in [-0.3, -0.25) is 9.59 Å². The number of hydrogen-bond donors (Lipinski definition) is 3. The lowest BCUT2D eigenvalue weighted by molar-refractivity contribution is -0.137. The SMILES string of the molecule is O=C(O)CCc1c(C=C2C(=O)Nc3cc(Cl)ccc32)[nH]c2c1CCCC2. The number of carbonyl (C=O) groups is 2. The van der Waals surface area contributed by atoms with E-state index >= 15 is 0 Å². The number of anilines is 1. The Hall–Kier alpha value is -2.53. The minimum Gasteiger partial charge on any atom is -0.481 e. The van der Waals surface area contributed by atoms with Gasteiger partial charge in [0.15, 0.2) is 0 Å². The van der Waals surface area contributed by atoms with Crippen molar-refractivity contribution in [2.75, 3.05) is 5.32 Å². The second-order valence-corrected chi connectivity index (χ2v) is 7.21. The van der Waals surface area contributed by atoms with E-state index in [1.54, 1.807) is 12.1 Å². The van der Waals surface area contributed by atoms with E-state index in [0.717, 1.165) is 42.5 Å². The van der Waals surface area contributed by atoms with Crippen LogP contribution >= 0.6 is 11.6 Å². The van der Waals surface area contributed by atoms with E-state index in [9.17, 15) is 9.59 Å². The second kappa shape index (κ2) is 6.65. The molecule has 0 radical (unpaired) electrons. The van der Waals surface area contributed by atoms with Gasteiger partial charge in [0.1, 0.15) is 0 Å². The number of carboxylic acid groups (broad SMARTS) is 1. The van der Waals surface area contributed by atoms with Crippen LogP contribution in [0.15, 0.2) is 18.2 Å². The van der Waals surface area contributed by atoms with Crippen molar-refractivity contribution >= 4 is 40.8 Å². The Balaban J connectivity index is 1.78. The molecule has 1 aliphatic heterocycles. The number of nitrogens with one attached hydrogen (secondary N) is 2. The van der Waals surface area contributed by atoms with E-state index in [-0.39, 0.29) is 12.3 Å². The summed E-state index contributed by atoms with van der Waals surface area (Å²) >= 11 is 6.01. The lowest BCUT2D eigenvalue weighted by atomic mass is 9.92. The van der Waals surface area contributed by atoms with E-state index in [4.69, 9.17) is 16.7 Å². The number of hydrogen-bond acceptors (Lipinski definition) is 2. The molecule has 6 heteroatoms. The van der Waals surface area contributed by atoms with Gasteiger partial charge in [-0.1, -0.05) is 17.7 Å². The first kappa shape index (κ1) is 16.9. The number of aromatic nitrogens is 1. The third-order valence-electron chi connectivity index (χ3n) is 5.08. The fourth-order valence-corrected chi connectivity index (χ4v) is 4.04. The van der Waals surface area contributed by atoms with Crippen LogP contribution in [0.25, 0.3) is 11.6 Å². The number of H-pyrrole nitrogens is 1. The van der Waals surface area contributed by atoms with Crippen LogP contribution in [0.3, 0.4) is 0 Å². The first-order valence-corrected chi connectivity index (χ1v) is 9.18. The number of carbonyl (C=O) groups excluding carboxylic acids is 1. The molecular formula is C20H19ClN2O3. The van der Waals surface area contributed by atoms with Crippen LogP contribution in [0.2, 0.25) is 5.02 Å². The fourth-order valence-electron chi connectivity index (χ4n) is 3.87. The van der Waals surface area contributed by atoms with Crippen LogP contribution in [-0.4, -0.2) is 22.0 Å². The highest BCUT2D eigenvalue weighted by Gasteiger charge is 2.26. The Labute approximate surface area is 156 Å². The Kier molecular flexibility index (Phi) is 4.32. The van der Waals surface area contributed by atoms with Crippen molar-refractivity contribution in [1.29, 1.82) is 0 Å². The molecule has 1 aromatic carbocycles. The van der Waals surface area contributed by atoms with Gasteiger partial charge in [-0.05, 0) is 61.4 Å². The summed E-state index contributed by atoms with van der Waals surface area (Å²) < 4.78 is 0. The molecule has 0 saturated heterocycles. The molecule has 0 bridgehead atoms. The molecule has 0 unspecified atom stereocenters. The lowest BCUT2D eigenvalue weighted by Crippen LogP contribution is -2.05. The minimum atomic E-state index is -0.812. The summed E-state index contributed by atoms with van der Waals surface area (Å²) in [6.07, 6.45) is 6.57. The predicted octanol–water partition coefficient (Wildman–Crippen LogP) is 4.06. The van der Waals surface area contributed by atoms with Crippen LogP contribution in [0.4, 0.5) is 5.69 Å². The summed E-state index contributed by atoms with van der Waals surface area (Å²) in [5.41, 5.74) is 6.40. The molecule has 3 N–H and O–H groups in total. The van der Waals surface area contributed by atoms with Gasteiger partial charge in [0.05, 0.1) is 11.3 Å². The summed E-state index contributed by atoms with van der Waals surface area (Å²) in [5, 5.41) is 12.5. The standard InChI is InChI=1S/C20H19ClN2O3/c21-11-5-6-14-15(20(26)23-17(14)9-11)10-18-13(7-8-19(24)25)12-3-1-2-4-16(12)22-18/h5-6,9-10,22H,1-4,7-8H2,(H,23,26)(H,24,25). The molecule has 1 amide bonds. The topological polar surface area (TPSA) is 82.2 Å². The Morgan fingerprint density at radius 1 is 1.27 bits per heavy atom. The van der Waals surface area contributed by atoms with Crippen molar-refractivity contribution in [1.82, 2.24) is 4.98 Å². The van der Waals surface area contributed by atoms with Crippen LogP contribution in [0.1, 0.15) is 47.3 Å². The highest BCUT2D eigenvalue weighted by molar-refractivity contribution is 6.36. The summed E-state index contributed by atoms with van der Waals surface area (Å²) in [6.45, 7) is 0. The summed E-state index contributed by atoms with van der Waals surface area (Å²) in [6, 6.07) is 5.33. The molecule has 5 nitrogen and oxygen atoms in total. The third kappa shape index (κ3) is 3.03. The Morgan fingerprint density at radius 3 is 2.88 bits per heavy atom. The molecule has 0 spiro atoms. The van der Waals surface area contributed by atoms with E-state index in [1.807, 2.05) is 12.1 Å². The molecular weight excluding hydrogens is 352 g/mol. The van der Waals surface area contributed by atoms with Crippen molar-refractivity contribution in [3.05, 3.63) is 51.3 Å². The number of carboxylic acids is 1. The highest BCUT2D eigenvalue weighted by atomic mass is 35.5. The monoisotopic (exact) mass is 370 g/mol. The average Bonchev–Trinajstić information content (AvgIpc) is 3.10. The average molecular weight is 371 g/mol. The van der Waals surface area contributed by atoms with Gasteiger partial charge < -0.3 is 15.4 Å². The van der Waals surface area contributed by atoms with Crippen molar-refractivity contribution in [3.63, 3.8) is 0 Å². The van der Waals surface area contributed by atoms with E-state index in [2.05, 4.69) is 10.3 Å². The van der Waals surface area contributed by atoms with Crippen LogP contribution in [0, 0.1) is 0 Å². The number of fused-ring (bicyclic) bond motifs is 2. The first-order valence-electron chi connectivity index (χ1n) is 8.80. The van der Waals surface area contributed by atoms with E-state index in [1.165, 1.54) is 11.3 Å². The smallest absolute Gasteiger partial charge is 0.303 e. The quantitative estimate of drug-likeness (QED) is 0.710. The first-order chi connectivity index (χ1) is 12.5. The maximum Gasteiger partial charge on any atom is 0.303 e. The largest absolute Gasteiger partial charge is 0.481 e. The molecule has 2 heterocycles. The fraction of sp³-hybridized carbons (Fsp3) is 0.300. The zero-order valence-electron chi connectivity index (χ0n) is 14.2. The predicted molar refractivity (Wildman–Crippen MR) is 101 cm³/mol. The lowest BCUT2D eigenvalue weighted by Gasteiger charge is -2.12. The van der Waals surface area contributed by atoms with Gasteiger partial charge in [0.25, 0.3) is 5.91 Å². The molecule has 1 aromatic heterocycles. The van der Waals surface area contributed by atoms with Gasteiger partial charge in [-0.2, -0.15) is 0 Å². The van der Waals surface area contributed by atoms with Gasteiger partial charge in [0.2, 0.25) is 0 Å². The third-order valence-corrected chi connectivity index (χ3v) is 5.32. The van der Waals surface area contributed by atoms with Crippen molar-refractivity contribution < 1.29 is 14.7 Å². The number of halogens is 1. The molecule has 134 valence electrons. The van der Waals surface area contributed by atoms with Crippen molar-refractivity contribution in [2.24, 2.45) is 0 Å². The zero-order chi connectivity index (χ0) is 18.3. The highest BCUT2D eigenvalue weighted by Crippen LogP contribution is 2.36. The molecule has 0 saturated carbocycles. The molecule has 26 heavy (non-hydrogen) atoms. The molecule has 2 aliphatic rings. The molecule has 1 aliphatic carbocycles. The molecule has 4 rings (SSSR count). The molecule has 2 aromatic rings. The van der Waals surface area contributed by atoms with Gasteiger partial charge in [-0.25, -0.2) is 0 Å². The van der Waals surface area contributed by atoms with Gasteiger partial charge in [-0.15, -0.1) is 0 Å². The number of benzene rings is 1. The second-order valence-electron chi connectivity index (χ2n) is 6.78. The molecule has 0 fully saturated rings. The zero-order valence-corrected chi connectivity index (χ0v) is 14.9. The maximum atomic E-state index is 12.4. The summed E-state index contributed by atoms with van der Waals surface area (Å²) in [4.78, 5) is 26.9. The number of rotatable bonds is 4. The Morgan fingerprint density at radius 2 is 2.08 bits per heavy atom. The maximum absolute atomic E-state index is 12.4.